The number of ether oxygens (including phenoxy) is 1. The van der Waals surface area contributed by atoms with Crippen LogP contribution in [-0.4, -0.2) is 31.3 Å². The summed E-state index contributed by atoms with van der Waals surface area (Å²) in [4.78, 5) is 12.6. The van der Waals surface area contributed by atoms with Gasteiger partial charge >= 0.3 is 5.97 Å². The van der Waals surface area contributed by atoms with Gasteiger partial charge in [-0.15, -0.1) is 0 Å². The summed E-state index contributed by atoms with van der Waals surface area (Å²) in [5.41, 5.74) is 0. The zero-order valence-corrected chi connectivity index (χ0v) is 9.76. The van der Waals surface area contributed by atoms with E-state index in [1.54, 1.807) is 6.92 Å². The second kappa shape index (κ2) is 4.52. The van der Waals surface area contributed by atoms with Crippen molar-refractivity contribution < 1.29 is 23.2 Å². The van der Waals surface area contributed by atoms with Gasteiger partial charge in [-0.2, -0.15) is 0 Å². The molecule has 0 aromatic carbocycles. The second-order valence-corrected chi connectivity index (χ2v) is 6.27. The van der Waals surface area contributed by atoms with E-state index in [0.717, 1.165) is 11.8 Å². The Kier molecular flexibility index (Phi) is 3.77. The van der Waals surface area contributed by atoms with E-state index < -0.39 is 20.6 Å². The van der Waals surface area contributed by atoms with Crippen LogP contribution >= 0.6 is 11.8 Å². The largest absolute Gasteiger partial charge is 0.465 e. The van der Waals surface area contributed by atoms with Crippen molar-refractivity contribution in [2.75, 3.05) is 7.11 Å². The highest BCUT2D eigenvalue weighted by Gasteiger charge is 2.38. The SMILES string of the molecule is COC(=O)C1=CC(C)C(S(=O)(=O)NO)S1. The van der Waals surface area contributed by atoms with E-state index in [1.165, 1.54) is 18.1 Å². The number of hydrogen-bond donors (Lipinski definition) is 2. The Morgan fingerprint density at radius 3 is 2.73 bits per heavy atom. The summed E-state index contributed by atoms with van der Waals surface area (Å²) in [5.74, 6) is -0.934. The van der Waals surface area contributed by atoms with Crippen LogP contribution in [0.2, 0.25) is 0 Å². The molecule has 2 unspecified atom stereocenters. The van der Waals surface area contributed by atoms with Gasteiger partial charge in [-0.05, 0) is 0 Å². The molecular weight excluding hydrogens is 242 g/mol. The third kappa shape index (κ3) is 2.51. The number of hydrogen-bond acceptors (Lipinski definition) is 6. The molecule has 0 aliphatic carbocycles. The summed E-state index contributed by atoms with van der Waals surface area (Å²) >= 11 is 0.859. The fraction of sp³-hybridized carbons (Fsp3) is 0.571. The average Bonchev–Trinajstić information content (AvgIpc) is 2.60. The maximum atomic E-state index is 11.3. The minimum atomic E-state index is -3.81. The Morgan fingerprint density at radius 1 is 1.67 bits per heavy atom. The normalized spacial score (nSPS) is 26.2. The van der Waals surface area contributed by atoms with Crippen molar-refractivity contribution >= 4 is 27.8 Å². The summed E-state index contributed by atoms with van der Waals surface area (Å²) in [7, 11) is -2.59. The van der Waals surface area contributed by atoms with E-state index in [1.807, 2.05) is 0 Å². The number of methoxy groups -OCH3 is 1. The van der Waals surface area contributed by atoms with Gasteiger partial charge in [0.2, 0.25) is 10.0 Å². The first-order valence-electron chi connectivity index (χ1n) is 4.04. The molecular formula is C7H11NO5S2. The first-order valence-corrected chi connectivity index (χ1v) is 6.46. The van der Waals surface area contributed by atoms with Gasteiger partial charge in [-0.1, -0.05) is 29.6 Å². The summed E-state index contributed by atoms with van der Waals surface area (Å²) in [6.07, 6.45) is 1.51. The first kappa shape index (κ1) is 12.5. The lowest BCUT2D eigenvalue weighted by Crippen LogP contribution is -2.32. The zero-order chi connectivity index (χ0) is 11.6. The van der Waals surface area contributed by atoms with Crippen LogP contribution in [0.25, 0.3) is 0 Å². The minimum Gasteiger partial charge on any atom is -0.465 e. The number of rotatable bonds is 3. The summed E-state index contributed by atoms with van der Waals surface area (Å²) in [5, 5.41) is 8.46. The summed E-state index contributed by atoms with van der Waals surface area (Å²) in [6.45, 7) is 1.64. The van der Waals surface area contributed by atoms with Crippen LogP contribution in [-0.2, 0) is 19.6 Å². The molecule has 0 spiro atoms. The van der Waals surface area contributed by atoms with Crippen LogP contribution in [0.5, 0.6) is 0 Å². The quantitative estimate of drug-likeness (QED) is 0.546. The maximum absolute atomic E-state index is 11.3. The molecule has 0 aromatic heterocycles. The van der Waals surface area contributed by atoms with E-state index in [4.69, 9.17) is 5.21 Å². The third-order valence-corrected chi connectivity index (χ3v) is 5.47. The molecule has 1 heterocycles. The highest BCUT2D eigenvalue weighted by atomic mass is 32.3. The van der Waals surface area contributed by atoms with Crippen molar-refractivity contribution in [1.29, 1.82) is 0 Å². The van der Waals surface area contributed by atoms with Gasteiger partial charge in [-0.25, -0.2) is 13.2 Å². The Bertz CT molecular complexity index is 388. The molecule has 0 radical (unpaired) electrons. The van der Waals surface area contributed by atoms with Gasteiger partial charge in [0.25, 0.3) is 0 Å². The van der Waals surface area contributed by atoms with Crippen molar-refractivity contribution in [1.82, 2.24) is 4.89 Å². The van der Waals surface area contributed by atoms with E-state index >= 15 is 0 Å². The Balaban J connectivity index is 2.85. The number of sulfonamides is 1. The van der Waals surface area contributed by atoms with Crippen molar-refractivity contribution in [2.45, 2.75) is 11.5 Å². The third-order valence-electron chi connectivity index (χ3n) is 1.91. The number of carbonyl (C=O) groups excluding carboxylic acids is 1. The van der Waals surface area contributed by atoms with Gasteiger partial charge < -0.3 is 9.94 Å². The van der Waals surface area contributed by atoms with Gasteiger partial charge in [0.15, 0.2) is 0 Å². The lowest BCUT2D eigenvalue weighted by atomic mass is 10.2. The molecule has 1 rings (SSSR count). The van der Waals surface area contributed by atoms with Crippen molar-refractivity contribution in [2.24, 2.45) is 5.92 Å². The molecule has 1 aliphatic heterocycles. The maximum Gasteiger partial charge on any atom is 0.344 e. The van der Waals surface area contributed by atoms with Crippen molar-refractivity contribution in [3.63, 3.8) is 0 Å². The summed E-state index contributed by atoms with van der Waals surface area (Å²) < 4.78 is 26.2. The number of carbonyl (C=O) groups is 1. The highest BCUT2D eigenvalue weighted by Crippen LogP contribution is 2.39. The van der Waals surface area contributed by atoms with Crippen LogP contribution in [0.15, 0.2) is 11.0 Å². The molecule has 0 aromatic rings. The molecule has 15 heavy (non-hydrogen) atoms. The first-order chi connectivity index (χ1) is 6.92. The number of nitrogens with one attached hydrogen (secondary N) is 1. The van der Waals surface area contributed by atoms with E-state index in [0.29, 0.717) is 0 Å². The fourth-order valence-corrected chi connectivity index (χ4v) is 3.91. The second-order valence-electron chi connectivity index (χ2n) is 3.00. The molecule has 8 heteroatoms. The molecule has 0 saturated carbocycles. The molecule has 0 fully saturated rings. The highest BCUT2D eigenvalue weighted by molar-refractivity contribution is 8.15. The number of allylic oxidation sites excluding steroid dienone is 1. The number of thioether (sulfide) groups is 1. The van der Waals surface area contributed by atoms with Gasteiger partial charge in [0, 0.05) is 5.92 Å². The van der Waals surface area contributed by atoms with Crippen LogP contribution in [0.1, 0.15) is 6.92 Å². The fourth-order valence-electron chi connectivity index (χ4n) is 1.20. The smallest absolute Gasteiger partial charge is 0.344 e. The molecule has 1 aliphatic rings. The zero-order valence-electron chi connectivity index (χ0n) is 8.13. The Labute approximate surface area is 91.7 Å². The van der Waals surface area contributed by atoms with Crippen molar-refractivity contribution in [3.05, 3.63) is 11.0 Å². The van der Waals surface area contributed by atoms with Crippen LogP contribution in [0.4, 0.5) is 0 Å². The van der Waals surface area contributed by atoms with E-state index in [9.17, 15) is 13.2 Å². The van der Waals surface area contributed by atoms with Gasteiger partial charge in [0.1, 0.15) is 4.58 Å². The standard InChI is InChI=1S/C7H11NO5S2/c1-4-3-5(6(9)13-2)14-7(4)15(11,12)8-10/h3-4,7-8,10H,1-2H3. The van der Waals surface area contributed by atoms with Gasteiger partial charge in [-0.3, -0.25) is 0 Å². The molecule has 0 saturated heterocycles. The molecule has 6 nitrogen and oxygen atoms in total. The average molecular weight is 253 g/mol. The number of esters is 1. The van der Waals surface area contributed by atoms with Crippen molar-refractivity contribution in [3.8, 4) is 0 Å². The van der Waals surface area contributed by atoms with E-state index in [2.05, 4.69) is 4.74 Å². The molecule has 0 amide bonds. The molecule has 2 atom stereocenters. The van der Waals surface area contributed by atoms with Crippen LogP contribution in [0, 0.1) is 5.92 Å². The molecule has 2 N–H and O–H groups in total. The lowest BCUT2D eigenvalue weighted by Gasteiger charge is -2.13. The van der Waals surface area contributed by atoms with Gasteiger partial charge in [0.05, 0.1) is 12.0 Å². The minimum absolute atomic E-state index is 0.244. The monoisotopic (exact) mass is 253 g/mol. The van der Waals surface area contributed by atoms with E-state index in [-0.39, 0.29) is 10.8 Å². The predicted molar refractivity (Wildman–Crippen MR) is 54.5 cm³/mol. The summed E-state index contributed by atoms with van der Waals surface area (Å²) in [6, 6.07) is 0. The van der Waals surface area contributed by atoms with Crippen LogP contribution < -0.4 is 4.89 Å². The molecule has 86 valence electrons. The molecule has 0 bridgehead atoms. The lowest BCUT2D eigenvalue weighted by molar-refractivity contribution is -0.135. The van der Waals surface area contributed by atoms with Crippen LogP contribution in [0.3, 0.4) is 0 Å². The Hall–Kier alpha value is -0.570. The predicted octanol–water partition coefficient (Wildman–Crippen LogP) is 0.0609. The topological polar surface area (TPSA) is 92.7 Å². The Morgan fingerprint density at radius 2 is 2.27 bits per heavy atom.